The molecule has 1 aliphatic rings. The Hall–Kier alpha value is -2.86. The molecule has 1 unspecified atom stereocenters. The van der Waals surface area contributed by atoms with E-state index in [4.69, 9.17) is 14.1 Å². The van der Waals surface area contributed by atoms with Crippen LogP contribution in [0.4, 0.5) is 0 Å². The molecule has 2 heterocycles. The van der Waals surface area contributed by atoms with Gasteiger partial charge in [-0.1, -0.05) is 24.3 Å². The molecule has 27 heavy (non-hydrogen) atoms. The number of methoxy groups -OCH3 is 1. The number of ether oxygens (including phenoxy) is 1. The third kappa shape index (κ3) is 3.17. The zero-order chi connectivity index (χ0) is 19.0. The predicted octanol–water partition coefficient (Wildman–Crippen LogP) is 3.13. The van der Waals surface area contributed by atoms with Crippen molar-refractivity contribution < 1.29 is 13.9 Å². The van der Waals surface area contributed by atoms with Crippen molar-refractivity contribution in [2.75, 3.05) is 20.2 Å². The summed E-state index contributed by atoms with van der Waals surface area (Å²) in [4.78, 5) is 18.8. The molecule has 1 fully saturated rings. The summed E-state index contributed by atoms with van der Waals surface area (Å²) >= 11 is 0. The number of oxazole rings is 1. The minimum absolute atomic E-state index is 0.0590. The van der Waals surface area contributed by atoms with Gasteiger partial charge in [-0.15, -0.1) is 0 Å². The van der Waals surface area contributed by atoms with E-state index in [9.17, 15) is 4.79 Å². The van der Waals surface area contributed by atoms with Gasteiger partial charge in [0.05, 0.1) is 18.8 Å². The van der Waals surface area contributed by atoms with Crippen LogP contribution >= 0.6 is 0 Å². The number of aryl methyl sites for hydroxylation is 1. The average molecular weight is 365 g/mol. The van der Waals surface area contributed by atoms with Gasteiger partial charge in [-0.05, 0) is 31.4 Å². The van der Waals surface area contributed by atoms with Crippen LogP contribution in [0.25, 0.3) is 22.2 Å². The Bertz CT molecular complexity index is 996. The van der Waals surface area contributed by atoms with Crippen molar-refractivity contribution in [3.05, 3.63) is 47.9 Å². The summed E-state index contributed by atoms with van der Waals surface area (Å²) < 4.78 is 11.5. The van der Waals surface area contributed by atoms with E-state index in [2.05, 4.69) is 10.2 Å². The van der Waals surface area contributed by atoms with E-state index in [1.165, 1.54) is 0 Å². The zero-order valence-electron chi connectivity index (χ0n) is 15.8. The molecule has 0 saturated carbocycles. The van der Waals surface area contributed by atoms with Crippen molar-refractivity contribution >= 4 is 16.7 Å². The predicted molar refractivity (Wildman–Crippen MR) is 104 cm³/mol. The number of hydrogen-bond acceptors (Lipinski definition) is 5. The first-order valence-corrected chi connectivity index (χ1v) is 9.12. The number of rotatable bonds is 4. The van der Waals surface area contributed by atoms with Crippen molar-refractivity contribution in [1.29, 1.82) is 0 Å². The first-order valence-electron chi connectivity index (χ1n) is 9.12. The summed E-state index contributed by atoms with van der Waals surface area (Å²) in [6.07, 6.45) is 0. The van der Waals surface area contributed by atoms with Crippen molar-refractivity contribution in [2.24, 2.45) is 0 Å². The lowest BCUT2D eigenvalue weighted by molar-refractivity contribution is -0.128. The molecule has 1 saturated heterocycles. The largest absolute Gasteiger partial charge is 0.496 e. The number of benzene rings is 2. The van der Waals surface area contributed by atoms with Gasteiger partial charge in [-0.3, -0.25) is 9.69 Å². The smallest absolute Gasteiger partial charge is 0.237 e. The average Bonchev–Trinajstić information content (AvgIpc) is 3.04. The first-order chi connectivity index (χ1) is 13.1. The minimum atomic E-state index is -0.167. The van der Waals surface area contributed by atoms with Crippen LogP contribution in [0, 0.1) is 6.92 Å². The molecule has 1 aromatic heterocycles. The maximum atomic E-state index is 11.9. The quantitative estimate of drug-likeness (QED) is 0.769. The molecule has 3 aromatic rings. The van der Waals surface area contributed by atoms with Crippen molar-refractivity contribution in [3.63, 3.8) is 0 Å². The van der Waals surface area contributed by atoms with Gasteiger partial charge < -0.3 is 14.5 Å². The third-order valence-electron chi connectivity index (χ3n) is 5.21. The Morgan fingerprint density at radius 1 is 1.26 bits per heavy atom. The van der Waals surface area contributed by atoms with Gasteiger partial charge in [0.1, 0.15) is 11.5 Å². The molecule has 6 heteroatoms. The lowest BCUT2D eigenvalue weighted by Crippen LogP contribution is -2.53. The number of amides is 1. The van der Waals surface area contributed by atoms with Gasteiger partial charge in [-0.25, -0.2) is 4.98 Å². The molecule has 0 bridgehead atoms. The second-order valence-electron chi connectivity index (χ2n) is 6.82. The van der Waals surface area contributed by atoms with Gasteiger partial charge in [-0.2, -0.15) is 0 Å². The Morgan fingerprint density at radius 2 is 2.04 bits per heavy atom. The van der Waals surface area contributed by atoms with Crippen LogP contribution < -0.4 is 10.1 Å². The van der Waals surface area contributed by atoms with Crippen molar-refractivity contribution in [2.45, 2.75) is 26.4 Å². The number of carbonyl (C=O) groups excluding carboxylic acids is 1. The highest BCUT2D eigenvalue weighted by Crippen LogP contribution is 2.34. The van der Waals surface area contributed by atoms with Crippen LogP contribution in [0.5, 0.6) is 5.75 Å². The van der Waals surface area contributed by atoms with Crippen LogP contribution in [0.3, 0.4) is 0 Å². The van der Waals surface area contributed by atoms with E-state index in [1.54, 1.807) is 7.11 Å². The highest BCUT2D eigenvalue weighted by molar-refractivity contribution is 5.98. The maximum absolute atomic E-state index is 11.9. The molecule has 140 valence electrons. The van der Waals surface area contributed by atoms with E-state index in [0.29, 0.717) is 19.0 Å². The lowest BCUT2D eigenvalue weighted by Gasteiger charge is -2.32. The number of piperazine rings is 1. The molecule has 1 atom stereocenters. The molecule has 6 nitrogen and oxygen atoms in total. The fourth-order valence-electron chi connectivity index (χ4n) is 3.56. The molecule has 2 aromatic carbocycles. The van der Waals surface area contributed by atoms with E-state index in [1.807, 2.05) is 50.2 Å². The molecule has 4 rings (SSSR count). The molecular weight excluding hydrogens is 342 g/mol. The molecule has 0 radical (unpaired) electrons. The second-order valence-corrected chi connectivity index (χ2v) is 6.82. The summed E-state index contributed by atoms with van der Waals surface area (Å²) in [7, 11) is 1.67. The highest BCUT2D eigenvalue weighted by Gasteiger charge is 2.27. The lowest BCUT2D eigenvalue weighted by atomic mass is 10.0. The van der Waals surface area contributed by atoms with Crippen molar-refractivity contribution in [3.8, 4) is 17.2 Å². The highest BCUT2D eigenvalue weighted by atomic mass is 16.5. The fraction of sp³-hybridized carbons (Fsp3) is 0.333. The van der Waals surface area contributed by atoms with Crippen LogP contribution in [0.15, 0.2) is 40.8 Å². The molecule has 0 spiro atoms. The number of hydrogen-bond donors (Lipinski definition) is 1. The topological polar surface area (TPSA) is 67.6 Å². The van der Waals surface area contributed by atoms with Crippen LogP contribution in [0.2, 0.25) is 0 Å². The van der Waals surface area contributed by atoms with E-state index < -0.39 is 0 Å². The van der Waals surface area contributed by atoms with Crippen molar-refractivity contribution in [1.82, 2.24) is 15.2 Å². The summed E-state index contributed by atoms with van der Waals surface area (Å²) in [5.41, 5.74) is 1.80. The first kappa shape index (κ1) is 17.5. The Balaban J connectivity index is 1.70. The number of nitrogens with zero attached hydrogens (tertiary/aromatic N) is 2. The van der Waals surface area contributed by atoms with E-state index in [-0.39, 0.29) is 11.9 Å². The molecule has 0 aliphatic carbocycles. The summed E-state index contributed by atoms with van der Waals surface area (Å²) in [6, 6.07) is 11.8. The Kier molecular flexibility index (Phi) is 4.58. The van der Waals surface area contributed by atoms with Gasteiger partial charge in [0.25, 0.3) is 0 Å². The summed E-state index contributed by atoms with van der Waals surface area (Å²) in [6.45, 7) is 5.90. The molecule has 1 N–H and O–H groups in total. The molecular formula is C21H23N3O3. The normalized spacial score (nSPS) is 17.9. The van der Waals surface area contributed by atoms with Crippen LogP contribution in [-0.2, 0) is 11.3 Å². The van der Waals surface area contributed by atoms with Gasteiger partial charge in [0.15, 0.2) is 0 Å². The number of aromatic nitrogens is 1. The van der Waals surface area contributed by atoms with E-state index >= 15 is 0 Å². The molecule has 1 aliphatic heterocycles. The van der Waals surface area contributed by atoms with Gasteiger partial charge in [0, 0.05) is 30.6 Å². The monoisotopic (exact) mass is 365 g/mol. The summed E-state index contributed by atoms with van der Waals surface area (Å²) in [5, 5.41) is 4.95. The minimum Gasteiger partial charge on any atom is -0.496 e. The number of fused-ring (bicyclic) bond motifs is 1. The standard InChI is InChI=1S/C21H23N3O3/c1-13-20(25)22-10-11-24(13)12-18-14(2)27-21(23-18)17-8-9-19(26-3)16-7-5-4-6-15(16)17/h4-9,13H,10-12H2,1-3H3,(H,22,25). The second kappa shape index (κ2) is 7.04. The van der Waals surface area contributed by atoms with Gasteiger partial charge in [0.2, 0.25) is 11.8 Å². The van der Waals surface area contributed by atoms with Crippen LogP contribution in [-0.4, -0.2) is 42.0 Å². The summed E-state index contributed by atoms with van der Waals surface area (Å²) in [5.74, 6) is 2.26. The Labute approximate surface area is 158 Å². The SMILES string of the molecule is COc1ccc(-c2nc(CN3CCNC(=O)C3C)c(C)o2)c2ccccc12. The maximum Gasteiger partial charge on any atom is 0.237 e. The Morgan fingerprint density at radius 3 is 2.81 bits per heavy atom. The number of carbonyl (C=O) groups is 1. The zero-order valence-corrected chi connectivity index (χ0v) is 15.8. The molecule has 1 amide bonds. The fourth-order valence-corrected chi connectivity index (χ4v) is 3.56. The van der Waals surface area contributed by atoms with Gasteiger partial charge >= 0.3 is 0 Å². The van der Waals surface area contributed by atoms with Crippen LogP contribution in [0.1, 0.15) is 18.4 Å². The number of nitrogens with one attached hydrogen (secondary N) is 1. The third-order valence-corrected chi connectivity index (χ3v) is 5.21. The van der Waals surface area contributed by atoms with E-state index in [0.717, 1.165) is 40.1 Å².